The van der Waals surface area contributed by atoms with E-state index in [4.69, 9.17) is 0 Å². The molecule has 0 spiro atoms. The van der Waals surface area contributed by atoms with Crippen LogP contribution in [-0.4, -0.2) is 10.2 Å². The van der Waals surface area contributed by atoms with E-state index in [0.29, 0.717) is 12.0 Å². The Kier molecular flexibility index (Phi) is 4.55. The molecule has 0 saturated heterocycles. The first kappa shape index (κ1) is 17.2. The van der Waals surface area contributed by atoms with Crippen molar-refractivity contribution in [2.24, 2.45) is 0 Å². The number of aromatic amines is 1. The van der Waals surface area contributed by atoms with Gasteiger partial charge in [-0.1, -0.05) is 55.5 Å². The fourth-order valence-electron chi connectivity index (χ4n) is 3.46. The maximum absolute atomic E-state index is 14.6. The largest absolute Gasteiger partial charge is 0.278 e. The Labute approximate surface area is 156 Å². The first-order valence-electron chi connectivity index (χ1n) is 8.85. The number of rotatable bonds is 4. The summed E-state index contributed by atoms with van der Waals surface area (Å²) in [4.78, 5) is 0. The normalized spacial score (nSPS) is 12.3. The lowest BCUT2D eigenvalue weighted by atomic mass is 9.87. The first-order chi connectivity index (χ1) is 13.2. The maximum atomic E-state index is 14.6. The predicted molar refractivity (Wildman–Crippen MR) is 105 cm³/mol. The molecular formula is C23H18F2N2. The van der Waals surface area contributed by atoms with Crippen LogP contribution in [-0.2, 0) is 0 Å². The van der Waals surface area contributed by atoms with Gasteiger partial charge in [0, 0.05) is 10.9 Å². The average molecular weight is 360 g/mol. The molecule has 0 atom stereocenters. The van der Waals surface area contributed by atoms with Crippen LogP contribution in [0.5, 0.6) is 0 Å². The molecule has 0 aliphatic rings. The number of fused-ring (bicyclic) bond motifs is 1. The molecule has 1 N–H and O–H groups in total. The zero-order valence-electron chi connectivity index (χ0n) is 14.8. The van der Waals surface area contributed by atoms with E-state index >= 15 is 0 Å². The van der Waals surface area contributed by atoms with E-state index in [0.717, 1.165) is 39.2 Å². The Morgan fingerprint density at radius 3 is 2.52 bits per heavy atom. The van der Waals surface area contributed by atoms with Crippen molar-refractivity contribution in [3.8, 4) is 0 Å². The minimum absolute atomic E-state index is 0.295. The van der Waals surface area contributed by atoms with Gasteiger partial charge in [0.25, 0.3) is 0 Å². The standard InChI is InChI=1S/C23H18F2N2/c1-2-18(19-9-6-10-20(24)23(19)25)22(15-7-4-3-5-8-15)16-11-12-21-17(13-16)14-26-27-21/h3-14H,2H2,1H3,(H,26,27)/b22-18+. The molecule has 0 aliphatic heterocycles. The summed E-state index contributed by atoms with van der Waals surface area (Å²) in [5, 5.41) is 7.98. The molecule has 0 fully saturated rings. The fourth-order valence-corrected chi connectivity index (χ4v) is 3.46. The molecule has 2 nitrogen and oxygen atoms in total. The van der Waals surface area contributed by atoms with E-state index in [1.165, 1.54) is 0 Å². The van der Waals surface area contributed by atoms with Crippen LogP contribution in [0.4, 0.5) is 8.78 Å². The van der Waals surface area contributed by atoms with Crippen LogP contribution in [0.2, 0.25) is 0 Å². The highest BCUT2D eigenvalue weighted by Gasteiger charge is 2.18. The van der Waals surface area contributed by atoms with Crippen LogP contribution in [0.15, 0.2) is 72.9 Å². The maximum Gasteiger partial charge on any atom is 0.166 e. The summed E-state index contributed by atoms with van der Waals surface area (Å²) in [6.07, 6.45) is 2.32. The number of allylic oxidation sites excluding steroid dienone is 1. The summed E-state index contributed by atoms with van der Waals surface area (Å²) < 4.78 is 28.5. The molecule has 27 heavy (non-hydrogen) atoms. The van der Waals surface area contributed by atoms with Crippen molar-refractivity contribution >= 4 is 22.0 Å². The molecule has 0 radical (unpaired) electrons. The second kappa shape index (κ2) is 7.16. The predicted octanol–water partition coefficient (Wildman–Crippen LogP) is 6.21. The molecule has 1 aromatic heterocycles. The highest BCUT2D eigenvalue weighted by atomic mass is 19.2. The van der Waals surface area contributed by atoms with Gasteiger partial charge in [-0.2, -0.15) is 5.10 Å². The SMILES string of the molecule is CC/C(=C(/c1ccccc1)c1ccc2[nH]ncc2c1)c1cccc(F)c1F. The third-order valence-corrected chi connectivity index (χ3v) is 4.72. The number of aromatic nitrogens is 2. The lowest BCUT2D eigenvalue weighted by molar-refractivity contribution is 0.506. The molecule has 0 amide bonds. The van der Waals surface area contributed by atoms with Gasteiger partial charge < -0.3 is 0 Å². The van der Waals surface area contributed by atoms with E-state index in [1.807, 2.05) is 55.5 Å². The summed E-state index contributed by atoms with van der Waals surface area (Å²) in [5.41, 5.74) is 4.79. The van der Waals surface area contributed by atoms with Crippen molar-refractivity contribution in [1.29, 1.82) is 0 Å². The third kappa shape index (κ3) is 3.14. The highest BCUT2D eigenvalue weighted by molar-refractivity contribution is 6.00. The van der Waals surface area contributed by atoms with Crippen molar-refractivity contribution < 1.29 is 8.78 Å². The number of hydrogen-bond donors (Lipinski definition) is 1. The molecular weight excluding hydrogens is 342 g/mol. The van der Waals surface area contributed by atoms with Gasteiger partial charge >= 0.3 is 0 Å². The Balaban J connectivity index is 2.04. The zero-order valence-corrected chi connectivity index (χ0v) is 14.8. The molecule has 134 valence electrons. The summed E-state index contributed by atoms with van der Waals surface area (Å²) >= 11 is 0. The number of H-pyrrole nitrogens is 1. The number of benzene rings is 3. The third-order valence-electron chi connectivity index (χ3n) is 4.72. The number of halogens is 2. The van der Waals surface area contributed by atoms with Crippen LogP contribution in [0.25, 0.3) is 22.0 Å². The van der Waals surface area contributed by atoms with Gasteiger partial charge in [-0.25, -0.2) is 8.78 Å². The summed E-state index contributed by atoms with van der Waals surface area (Å²) in [6, 6.07) is 20.1. The molecule has 4 rings (SSSR count). The van der Waals surface area contributed by atoms with Gasteiger partial charge in [-0.05, 0) is 46.9 Å². The second-order valence-electron chi connectivity index (χ2n) is 6.35. The lowest BCUT2D eigenvalue weighted by Gasteiger charge is -2.17. The molecule has 0 bridgehead atoms. The monoisotopic (exact) mass is 360 g/mol. The van der Waals surface area contributed by atoms with Crippen molar-refractivity contribution in [3.05, 3.63) is 101 Å². The van der Waals surface area contributed by atoms with Gasteiger partial charge in [-0.15, -0.1) is 0 Å². The minimum Gasteiger partial charge on any atom is -0.278 e. The van der Waals surface area contributed by atoms with E-state index in [-0.39, 0.29) is 0 Å². The molecule has 4 heteroatoms. The van der Waals surface area contributed by atoms with E-state index < -0.39 is 11.6 Å². The minimum atomic E-state index is -0.837. The quantitative estimate of drug-likeness (QED) is 0.431. The number of nitrogens with one attached hydrogen (secondary N) is 1. The van der Waals surface area contributed by atoms with Crippen molar-refractivity contribution in [2.75, 3.05) is 0 Å². The molecule has 1 heterocycles. The number of hydrogen-bond acceptors (Lipinski definition) is 1. The molecule has 0 aliphatic carbocycles. The van der Waals surface area contributed by atoms with Crippen LogP contribution >= 0.6 is 0 Å². The van der Waals surface area contributed by atoms with Gasteiger partial charge in [0.1, 0.15) is 0 Å². The number of nitrogens with zero attached hydrogens (tertiary/aromatic N) is 1. The first-order valence-corrected chi connectivity index (χ1v) is 8.85. The summed E-state index contributed by atoms with van der Waals surface area (Å²) in [5.74, 6) is -1.65. The van der Waals surface area contributed by atoms with Gasteiger partial charge in [0.2, 0.25) is 0 Å². The van der Waals surface area contributed by atoms with E-state index in [1.54, 1.807) is 18.3 Å². The topological polar surface area (TPSA) is 28.7 Å². The van der Waals surface area contributed by atoms with Gasteiger partial charge in [0.15, 0.2) is 11.6 Å². The summed E-state index contributed by atoms with van der Waals surface area (Å²) in [6.45, 7) is 1.96. The molecule has 0 saturated carbocycles. The molecule has 0 unspecified atom stereocenters. The smallest absolute Gasteiger partial charge is 0.166 e. The Morgan fingerprint density at radius 1 is 0.926 bits per heavy atom. The van der Waals surface area contributed by atoms with Crippen LogP contribution in [0.3, 0.4) is 0 Å². The van der Waals surface area contributed by atoms with Crippen LogP contribution < -0.4 is 0 Å². The van der Waals surface area contributed by atoms with Crippen LogP contribution in [0, 0.1) is 11.6 Å². The molecule has 3 aromatic carbocycles. The van der Waals surface area contributed by atoms with E-state index in [9.17, 15) is 8.78 Å². The van der Waals surface area contributed by atoms with E-state index in [2.05, 4.69) is 10.2 Å². The Hall–Kier alpha value is -3.27. The van der Waals surface area contributed by atoms with Crippen molar-refractivity contribution in [3.63, 3.8) is 0 Å². The van der Waals surface area contributed by atoms with Crippen molar-refractivity contribution in [2.45, 2.75) is 13.3 Å². The van der Waals surface area contributed by atoms with Crippen LogP contribution in [0.1, 0.15) is 30.0 Å². The highest BCUT2D eigenvalue weighted by Crippen LogP contribution is 2.36. The fraction of sp³-hybridized carbons (Fsp3) is 0.0870. The van der Waals surface area contributed by atoms with Gasteiger partial charge in [0.05, 0.1) is 11.7 Å². The van der Waals surface area contributed by atoms with Crippen molar-refractivity contribution in [1.82, 2.24) is 10.2 Å². The molecule has 4 aromatic rings. The second-order valence-corrected chi connectivity index (χ2v) is 6.35. The Morgan fingerprint density at radius 2 is 1.74 bits per heavy atom. The lowest BCUT2D eigenvalue weighted by Crippen LogP contribution is -1.99. The average Bonchev–Trinajstić information content (AvgIpc) is 3.17. The summed E-state index contributed by atoms with van der Waals surface area (Å²) in [7, 11) is 0. The Bertz CT molecular complexity index is 1130. The van der Waals surface area contributed by atoms with Gasteiger partial charge in [-0.3, -0.25) is 5.10 Å². The zero-order chi connectivity index (χ0) is 18.8.